The maximum absolute atomic E-state index is 12.7. The van der Waals surface area contributed by atoms with Crippen molar-refractivity contribution in [3.8, 4) is 0 Å². The van der Waals surface area contributed by atoms with Crippen LogP contribution in [0.25, 0.3) is 0 Å². The van der Waals surface area contributed by atoms with E-state index in [0.717, 1.165) is 5.56 Å². The van der Waals surface area contributed by atoms with Crippen molar-refractivity contribution >= 4 is 18.4 Å². The number of esters is 1. The van der Waals surface area contributed by atoms with Crippen LogP contribution in [0.3, 0.4) is 0 Å². The van der Waals surface area contributed by atoms with Gasteiger partial charge in [0.25, 0.3) is 0 Å². The highest BCUT2D eigenvalue weighted by atomic mass is 35.5. The molecule has 0 unspecified atom stereocenters. The molecular weight excluding hydrogens is 274 g/mol. The maximum Gasteiger partial charge on any atom is 0.318 e. The van der Waals surface area contributed by atoms with Crippen molar-refractivity contribution in [1.29, 1.82) is 0 Å². The van der Waals surface area contributed by atoms with Crippen molar-refractivity contribution < 1.29 is 13.6 Å². The molecule has 1 aromatic rings. The number of rotatable bonds is 4. The highest BCUT2D eigenvalue weighted by Gasteiger charge is 2.47. The van der Waals surface area contributed by atoms with Gasteiger partial charge in [-0.15, -0.1) is 12.4 Å². The van der Waals surface area contributed by atoms with E-state index in [4.69, 9.17) is 8.85 Å². The summed E-state index contributed by atoms with van der Waals surface area (Å²) < 4.78 is 27.7. The van der Waals surface area contributed by atoms with Gasteiger partial charge in [0.1, 0.15) is 5.41 Å². The average Bonchev–Trinajstić information content (AvgIpc) is 2.47. The van der Waals surface area contributed by atoms with Gasteiger partial charge in [-0.1, -0.05) is 42.5 Å². The minimum absolute atomic E-state index is 0. The number of allylic oxidation sites excluding steroid dienone is 1. The van der Waals surface area contributed by atoms with E-state index in [1.165, 1.54) is 0 Å². The van der Waals surface area contributed by atoms with Gasteiger partial charge >= 0.3 is 5.97 Å². The molecule has 1 aliphatic rings. The molecule has 0 radical (unpaired) electrons. The van der Waals surface area contributed by atoms with Gasteiger partial charge in [-0.3, -0.25) is 4.79 Å². The minimum atomic E-state index is -2.33. The zero-order valence-electron chi connectivity index (χ0n) is 14.5. The number of nitrogens with one attached hydrogen (secondary N) is 1. The third kappa shape index (κ3) is 2.89. The molecule has 2 atom stereocenters. The fourth-order valence-electron chi connectivity index (χ4n) is 2.70. The standard InChI is InChI=1S/C16H21NO2.ClH/c1-3-19-15(18)16(13-9-5-4-6-10-13)12-8-7-11-14(16)17-2;/h4-7,9-11,14,17H,3,8,12H2,1-2H3;1H/t14-,16+;/m0./s1/i2D3;. The van der Waals surface area contributed by atoms with E-state index in [1.54, 1.807) is 13.0 Å². The molecule has 0 amide bonds. The summed E-state index contributed by atoms with van der Waals surface area (Å²) in [7, 11) is 0. The van der Waals surface area contributed by atoms with Crippen molar-refractivity contribution in [3.63, 3.8) is 0 Å². The van der Waals surface area contributed by atoms with Crippen LogP contribution < -0.4 is 5.32 Å². The molecular formula is C16H22ClNO2. The lowest BCUT2D eigenvalue weighted by molar-refractivity contribution is -0.151. The quantitative estimate of drug-likeness (QED) is 0.686. The first kappa shape index (κ1) is 12.4. The van der Waals surface area contributed by atoms with Crippen LogP contribution in [0.1, 0.15) is 29.4 Å². The predicted molar refractivity (Wildman–Crippen MR) is 83.2 cm³/mol. The summed E-state index contributed by atoms with van der Waals surface area (Å²) in [5, 5.41) is 2.60. The van der Waals surface area contributed by atoms with Crippen LogP contribution in [0.2, 0.25) is 0 Å². The van der Waals surface area contributed by atoms with Gasteiger partial charge in [-0.25, -0.2) is 0 Å². The topological polar surface area (TPSA) is 38.3 Å². The first-order chi connectivity index (χ1) is 10.4. The highest BCUT2D eigenvalue weighted by Crippen LogP contribution is 2.38. The number of halogens is 1. The second-order valence-electron chi connectivity index (χ2n) is 4.65. The smallest absolute Gasteiger partial charge is 0.318 e. The third-order valence-corrected chi connectivity index (χ3v) is 3.65. The fourth-order valence-corrected chi connectivity index (χ4v) is 2.70. The number of hydrogen-bond donors (Lipinski definition) is 1. The van der Waals surface area contributed by atoms with E-state index >= 15 is 0 Å². The van der Waals surface area contributed by atoms with Gasteiger partial charge in [0.2, 0.25) is 0 Å². The molecule has 0 bridgehead atoms. The summed E-state index contributed by atoms with van der Waals surface area (Å²) in [5.74, 6) is -0.382. The first-order valence-electron chi connectivity index (χ1n) is 8.07. The van der Waals surface area contributed by atoms with Crippen LogP contribution in [-0.4, -0.2) is 25.6 Å². The monoisotopic (exact) mass is 298 g/mol. The molecule has 0 heterocycles. The minimum Gasteiger partial charge on any atom is -0.465 e. The van der Waals surface area contributed by atoms with Crippen molar-refractivity contribution in [3.05, 3.63) is 48.0 Å². The van der Waals surface area contributed by atoms with Crippen molar-refractivity contribution in [1.82, 2.24) is 5.32 Å². The maximum atomic E-state index is 12.7. The number of carbonyl (C=O) groups is 1. The molecule has 1 aromatic carbocycles. The van der Waals surface area contributed by atoms with Crippen LogP contribution >= 0.6 is 12.4 Å². The molecule has 110 valence electrons. The molecule has 3 nitrogen and oxygen atoms in total. The number of carbonyl (C=O) groups excluding carboxylic acids is 1. The number of ether oxygens (including phenoxy) is 1. The Morgan fingerprint density at radius 1 is 1.50 bits per heavy atom. The summed E-state index contributed by atoms with van der Waals surface area (Å²) in [6.45, 7) is -0.321. The van der Waals surface area contributed by atoms with Gasteiger partial charge in [0.05, 0.1) is 6.61 Å². The average molecular weight is 299 g/mol. The van der Waals surface area contributed by atoms with E-state index in [1.807, 2.05) is 36.4 Å². The second kappa shape index (κ2) is 7.46. The van der Waals surface area contributed by atoms with Crippen LogP contribution in [0.4, 0.5) is 0 Å². The highest BCUT2D eigenvalue weighted by molar-refractivity contribution is 5.85. The van der Waals surface area contributed by atoms with E-state index in [-0.39, 0.29) is 25.0 Å². The summed E-state index contributed by atoms with van der Waals surface area (Å²) in [5.41, 5.74) is -0.236. The zero-order chi connectivity index (χ0) is 16.2. The molecule has 0 saturated heterocycles. The lowest BCUT2D eigenvalue weighted by atomic mass is 9.68. The van der Waals surface area contributed by atoms with E-state index in [0.29, 0.717) is 12.8 Å². The van der Waals surface area contributed by atoms with E-state index < -0.39 is 18.4 Å². The van der Waals surface area contributed by atoms with Gasteiger partial charge in [-0.05, 0) is 32.3 Å². The Balaban J connectivity index is 0.00000264. The summed E-state index contributed by atoms with van der Waals surface area (Å²) in [6.07, 6.45) is 4.89. The van der Waals surface area contributed by atoms with Gasteiger partial charge < -0.3 is 10.1 Å². The Kier molecular flexibility index (Phi) is 4.63. The Morgan fingerprint density at radius 2 is 2.25 bits per heavy atom. The Hall–Kier alpha value is -1.32. The molecule has 2 rings (SSSR count). The Labute approximate surface area is 131 Å². The molecule has 0 spiro atoms. The van der Waals surface area contributed by atoms with Crippen LogP contribution in [-0.2, 0) is 14.9 Å². The number of benzene rings is 1. The lowest BCUT2D eigenvalue weighted by Gasteiger charge is -2.39. The Bertz CT molecular complexity index is 548. The molecule has 0 aromatic heterocycles. The van der Waals surface area contributed by atoms with Crippen molar-refractivity contribution in [2.75, 3.05) is 13.6 Å². The second-order valence-corrected chi connectivity index (χ2v) is 4.65. The zero-order valence-corrected chi connectivity index (χ0v) is 12.3. The first-order valence-corrected chi connectivity index (χ1v) is 6.57. The largest absolute Gasteiger partial charge is 0.465 e. The molecule has 4 heteroatoms. The summed E-state index contributed by atoms with van der Waals surface area (Å²) >= 11 is 0. The van der Waals surface area contributed by atoms with Crippen molar-refractivity contribution in [2.45, 2.75) is 31.2 Å². The SMILES string of the molecule is Cl.[2H]C([2H])([2H])N[C@H]1C=CCC[C@@]1(C(=O)OCC)c1ccccc1. The molecule has 0 fully saturated rings. The summed E-state index contributed by atoms with van der Waals surface area (Å²) in [4.78, 5) is 12.7. The van der Waals surface area contributed by atoms with Crippen molar-refractivity contribution in [2.24, 2.45) is 0 Å². The predicted octanol–water partition coefficient (Wildman–Crippen LogP) is 2.85. The lowest BCUT2D eigenvalue weighted by Crippen LogP contribution is -2.53. The normalized spacial score (nSPS) is 27.6. The molecule has 0 aliphatic heterocycles. The van der Waals surface area contributed by atoms with E-state index in [2.05, 4.69) is 5.32 Å². The van der Waals surface area contributed by atoms with Gasteiger partial charge in [-0.2, -0.15) is 0 Å². The third-order valence-electron chi connectivity index (χ3n) is 3.65. The molecule has 1 aliphatic carbocycles. The van der Waals surface area contributed by atoms with Gasteiger partial charge in [0.15, 0.2) is 0 Å². The molecule has 0 saturated carbocycles. The summed E-state index contributed by atoms with van der Waals surface area (Å²) in [6, 6.07) is 8.64. The number of hydrogen-bond acceptors (Lipinski definition) is 3. The molecule has 1 N–H and O–H groups in total. The molecule has 20 heavy (non-hydrogen) atoms. The van der Waals surface area contributed by atoms with Gasteiger partial charge in [0, 0.05) is 10.2 Å². The Morgan fingerprint density at radius 3 is 2.90 bits per heavy atom. The van der Waals surface area contributed by atoms with Crippen LogP contribution in [0, 0.1) is 0 Å². The van der Waals surface area contributed by atoms with E-state index in [9.17, 15) is 4.79 Å². The fraction of sp³-hybridized carbons (Fsp3) is 0.438. The number of likely N-dealkylation sites (N-methyl/N-ethyl adjacent to an activating group) is 1. The van der Waals surface area contributed by atoms with Crippen LogP contribution in [0.15, 0.2) is 42.5 Å². The van der Waals surface area contributed by atoms with Crippen LogP contribution in [0.5, 0.6) is 0 Å².